The Morgan fingerprint density at radius 2 is 2.00 bits per heavy atom. The van der Waals surface area contributed by atoms with Crippen LogP contribution in [0.25, 0.3) is 10.9 Å². The monoisotopic (exact) mass is 243 g/mol. The van der Waals surface area contributed by atoms with E-state index in [1.54, 1.807) is 6.20 Å². The number of fused-ring (bicyclic) bond motifs is 1. The van der Waals surface area contributed by atoms with Crippen LogP contribution in [0.4, 0.5) is 0 Å². The third-order valence-electron chi connectivity index (χ3n) is 3.55. The highest BCUT2D eigenvalue weighted by Gasteiger charge is 2.30. The van der Waals surface area contributed by atoms with Crippen molar-refractivity contribution in [1.29, 1.82) is 0 Å². The molecule has 18 heavy (non-hydrogen) atoms. The van der Waals surface area contributed by atoms with Gasteiger partial charge in [0.25, 0.3) is 0 Å². The van der Waals surface area contributed by atoms with Gasteiger partial charge in [-0.05, 0) is 18.9 Å². The lowest BCUT2D eigenvalue weighted by Crippen LogP contribution is -2.42. The van der Waals surface area contributed by atoms with Gasteiger partial charge in [0.15, 0.2) is 0 Å². The van der Waals surface area contributed by atoms with Crippen LogP contribution in [0.1, 0.15) is 25.7 Å². The Balaban J connectivity index is 1.74. The molecular weight excluding hydrogens is 226 g/mol. The van der Waals surface area contributed by atoms with Gasteiger partial charge < -0.3 is 10.5 Å². The van der Waals surface area contributed by atoms with Crippen LogP contribution in [-0.4, -0.2) is 22.1 Å². The quantitative estimate of drug-likeness (QED) is 0.898. The second-order valence-corrected chi connectivity index (χ2v) is 5.07. The molecule has 2 N–H and O–H groups in total. The lowest BCUT2D eigenvalue weighted by Gasteiger charge is -2.22. The first-order chi connectivity index (χ1) is 8.75. The second-order valence-electron chi connectivity index (χ2n) is 5.07. The fourth-order valence-electron chi connectivity index (χ4n) is 2.46. The first-order valence-corrected chi connectivity index (χ1v) is 6.39. The van der Waals surface area contributed by atoms with E-state index < -0.39 is 0 Å². The first-order valence-electron chi connectivity index (χ1n) is 6.39. The molecule has 94 valence electrons. The van der Waals surface area contributed by atoms with E-state index in [0.717, 1.165) is 23.7 Å². The maximum absolute atomic E-state index is 6.24. The van der Waals surface area contributed by atoms with Gasteiger partial charge in [-0.25, -0.2) is 4.98 Å². The minimum absolute atomic E-state index is 0.186. The molecule has 1 heterocycles. The summed E-state index contributed by atoms with van der Waals surface area (Å²) in [4.78, 5) is 8.59. The topological polar surface area (TPSA) is 61.0 Å². The maximum atomic E-state index is 6.24. The summed E-state index contributed by atoms with van der Waals surface area (Å²) in [5.41, 5.74) is 6.96. The van der Waals surface area contributed by atoms with Crippen molar-refractivity contribution in [2.24, 2.45) is 5.73 Å². The van der Waals surface area contributed by atoms with Crippen molar-refractivity contribution >= 4 is 10.9 Å². The summed E-state index contributed by atoms with van der Waals surface area (Å²) in [5, 5.41) is 1.02. The smallest absolute Gasteiger partial charge is 0.316 e. The molecule has 0 atom stereocenters. The Labute approximate surface area is 106 Å². The summed E-state index contributed by atoms with van der Waals surface area (Å²) < 4.78 is 5.65. The Hall–Kier alpha value is -1.68. The molecule has 1 saturated carbocycles. The van der Waals surface area contributed by atoms with Crippen LogP contribution in [0.5, 0.6) is 6.01 Å². The zero-order valence-corrected chi connectivity index (χ0v) is 10.3. The van der Waals surface area contributed by atoms with Crippen molar-refractivity contribution in [2.75, 3.05) is 6.61 Å². The van der Waals surface area contributed by atoms with Gasteiger partial charge in [-0.3, -0.25) is 0 Å². The minimum atomic E-state index is -0.186. The predicted octanol–water partition coefficient (Wildman–Crippen LogP) is 2.28. The number of hydrogen-bond acceptors (Lipinski definition) is 4. The Bertz CT molecular complexity index is 549. The van der Waals surface area contributed by atoms with Crippen LogP contribution in [-0.2, 0) is 0 Å². The maximum Gasteiger partial charge on any atom is 0.316 e. The lowest BCUT2D eigenvalue weighted by atomic mass is 10.0. The molecule has 1 fully saturated rings. The van der Waals surface area contributed by atoms with E-state index in [-0.39, 0.29) is 5.54 Å². The molecule has 1 aromatic carbocycles. The molecule has 1 aliphatic rings. The third-order valence-corrected chi connectivity index (χ3v) is 3.55. The highest BCUT2D eigenvalue weighted by Crippen LogP contribution is 2.27. The number of para-hydroxylation sites is 1. The van der Waals surface area contributed by atoms with E-state index in [1.165, 1.54) is 12.8 Å². The molecule has 0 bridgehead atoms. The van der Waals surface area contributed by atoms with Gasteiger partial charge >= 0.3 is 6.01 Å². The summed E-state index contributed by atoms with van der Waals surface area (Å²) >= 11 is 0. The summed E-state index contributed by atoms with van der Waals surface area (Å²) in [7, 11) is 0. The summed E-state index contributed by atoms with van der Waals surface area (Å²) in [6, 6.07) is 8.30. The Kier molecular flexibility index (Phi) is 2.88. The third kappa shape index (κ3) is 2.29. The number of nitrogens with zero attached hydrogens (tertiary/aromatic N) is 2. The molecule has 0 radical (unpaired) electrons. The van der Waals surface area contributed by atoms with Gasteiger partial charge in [-0.2, -0.15) is 4.98 Å². The van der Waals surface area contributed by atoms with E-state index in [2.05, 4.69) is 9.97 Å². The van der Waals surface area contributed by atoms with Gasteiger partial charge in [0.1, 0.15) is 6.61 Å². The average Bonchev–Trinajstić information content (AvgIpc) is 2.84. The molecule has 3 rings (SSSR count). The fourth-order valence-corrected chi connectivity index (χ4v) is 2.46. The number of ether oxygens (including phenoxy) is 1. The standard InChI is InChI=1S/C14H17N3O/c15-14(7-3-4-8-14)10-18-13-16-9-11-5-1-2-6-12(11)17-13/h1-2,5-6,9H,3-4,7-8,10,15H2. The van der Waals surface area contributed by atoms with E-state index in [1.807, 2.05) is 24.3 Å². The molecule has 1 aliphatic carbocycles. The molecule has 0 aliphatic heterocycles. The lowest BCUT2D eigenvalue weighted by molar-refractivity contribution is 0.206. The summed E-state index contributed by atoms with van der Waals surface area (Å²) in [6.07, 6.45) is 6.23. The van der Waals surface area contributed by atoms with Crippen molar-refractivity contribution in [3.05, 3.63) is 30.5 Å². The van der Waals surface area contributed by atoms with E-state index >= 15 is 0 Å². The van der Waals surface area contributed by atoms with Gasteiger partial charge in [0, 0.05) is 11.6 Å². The number of hydrogen-bond donors (Lipinski definition) is 1. The van der Waals surface area contributed by atoms with E-state index in [0.29, 0.717) is 12.6 Å². The number of rotatable bonds is 3. The SMILES string of the molecule is NC1(COc2ncc3ccccc3n2)CCCC1. The second kappa shape index (κ2) is 4.53. The molecule has 1 aromatic heterocycles. The zero-order valence-electron chi connectivity index (χ0n) is 10.3. The van der Waals surface area contributed by atoms with Gasteiger partial charge in [0.05, 0.1) is 11.1 Å². The Morgan fingerprint density at radius 3 is 2.83 bits per heavy atom. The van der Waals surface area contributed by atoms with Crippen LogP contribution < -0.4 is 10.5 Å². The van der Waals surface area contributed by atoms with E-state index in [9.17, 15) is 0 Å². The van der Waals surface area contributed by atoms with Gasteiger partial charge in [0.2, 0.25) is 0 Å². The van der Waals surface area contributed by atoms with Crippen molar-refractivity contribution in [3.63, 3.8) is 0 Å². The number of nitrogens with two attached hydrogens (primary N) is 1. The highest BCUT2D eigenvalue weighted by molar-refractivity contribution is 5.77. The molecule has 0 saturated heterocycles. The number of aromatic nitrogens is 2. The van der Waals surface area contributed by atoms with Crippen molar-refractivity contribution < 1.29 is 4.74 Å². The zero-order chi connectivity index (χ0) is 12.4. The summed E-state index contributed by atoms with van der Waals surface area (Å²) in [6.45, 7) is 0.505. The predicted molar refractivity (Wildman–Crippen MR) is 70.4 cm³/mol. The van der Waals surface area contributed by atoms with Crippen LogP contribution in [0.2, 0.25) is 0 Å². The van der Waals surface area contributed by atoms with Crippen LogP contribution in [0.3, 0.4) is 0 Å². The Morgan fingerprint density at radius 1 is 1.22 bits per heavy atom. The largest absolute Gasteiger partial charge is 0.461 e. The van der Waals surface area contributed by atoms with Crippen molar-refractivity contribution in [2.45, 2.75) is 31.2 Å². The molecule has 0 unspecified atom stereocenters. The average molecular weight is 243 g/mol. The number of benzene rings is 1. The van der Waals surface area contributed by atoms with Crippen LogP contribution >= 0.6 is 0 Å². The van der Waals surface area contributed by atoms with E-state index in [4.69, 9.17) is 10.5 Å². The first kappa shape index (κ1) is 11.4. The molecule has 4 heteroatoms. The summed E-state index contributed by atoms with van der Waals surface area (Å²) in [5.74, 6) is 0. The van der Waals surface area contributed by atoms with Gasteiger partial charge in [-0.1, -0.05) is 31.0 Å². The molecule has 0 amide bonds. The minimum Gasteiger partial charge on any atom is -0.461 e. The van der Waals surface area contributed by atoms with Crippen molar-refractivity contribution in [3.8, 4) is 6.01 Å². The van der Waals surface area contributed by atoms with Crippen LogP contribution in [0, 0.1) is 0 Å². The normalized spacial score (nSPS) is 18.1. The van der Waals surface area contributed by atoms with Gasteiger partial charge in [-0.15, -0.1) is 0 Å². The van der Waals surface area contributed by atoms with Crippen LogP contribution in [0.15, 0.2) is 30.5 Å². The van der Waals surface area contributed by atoms with Crippen molar-refractivity contribution in [1.82, 2.24) is 9.97 Å². The molecular formula is C14H17N3O. The molecule has 2 aromatic rings. The highest BCUT2D eigenvalue weighted by atomic mass is 16.5. The molecule has 0 spiro atoms. The molecule has 4 nitrogen and oxygen atoms in total. The fraction of sp³-hybridized carbons (Fsp3) is 0.429.